The predicted octanol–water partition coefficient (Wildman–Crippen LogP) is 4.84. The highest BCUT2D eigenvalue weighted by molar-refractivity contribution is 5.76. The van der Waals surface area contributed by atoms with Crippen molar-refractivity contribution in [3.05, 3.63) is 0 Å². The number of carboxylic acids is 1. The maximum atomic E-state index is 10.8. The van der Waals surface area contributed by atoms with Gasteiger partial charge < -0.3 is 20.1 Å². The summed E-state index contributed by atoms with van der Waals surface area (Å²) in [5.41, 5.74) is -1.54. The Kier molecular flexibility index (Phi) is 19.9. The number of aliphatic hydroxyl groups is 2. The fraction of sp³-hybridized carbons (Fsp3) is 0.909. The normalized spacial score (nSPS) is 13.8. The Balaban J connectivity index is 0. The van der Waals surface area contributed by atoms with E-state index in [1.807, 2.05) is 0 Å². The summed E-state index contributed by atoms with van der Waals surface area (Å²) in [6.07, 6.45) is 13.0. The molecule has 0 aliphatic rings. The van der Waals surface area contributed by atoms with Crippen LogP contribution in [0, 0.1) is 0 Å². The fourth-order valence-corrected chi connectivity index (χ4v) is 2.53. The van der Waals surface area contributed by atoms with E-state index < -0.39 is 23.6 Å². The molecule has 2 unspecified atom stereocenters. The molecule has 0 aromatic carbocycles. The summed E-state index contributed by atoms with van der Waals surface area (Å²) in [5, 5.41) is 26.8. The quantitative estimate of drug-likeness (QED) is 0.251. The molecule has 0 heterocycles. The van der Waals surface area contributed by atoms with Crippen molar-refractivity contribution in [3.8, 4) is 0 Å². The van der Waals surface area contributed by atoms with Gasteiger partial charge >= 0.3 is 11.9 Å². The lowest BCUT2D eigenvalue weighted by Gasteiger charge is -2.17. The Labute approximate surface area is 171 Å². The molecule has 0 spiro atoms. The molecule has 168 valence electrons. The Morgan fingerprint density at radius 2 is 1.29 bits per heavy atom. The van der Waals surface area contributed by atoms with Gasteiger partial charge in [0.1, 0.15) is 6.10 Å². The molecule has 3 N–H and O–H groups in total. The number of carboxylic acid groups (broad SMARTS) is 1. The van der Waals surface area contributed by atoms with Crippen molar-refractivity contribution in [1.29, 1.82) is 0 Å². The van der Waals surface area contributed by atoms with Crippen molar-refractivity contribution in [2.24, 2.45) is 0 Å². The third-order valence-electron chi connectivity index (χ3n) is 4.56. The maximum absolute atomic E-state index is 10.8. The van der Waals surface area contributed by atoms with E-state index in [4.69, 9.17) is 14.9 Å². The summed E-state index contributed by atoms with van der Waals surface area (Å²) in [4.78, 5) is 21.3. The summed E-state index contributed by atoms with van der Waals surface area (Å²) in [6.45, 7) is 7.57. The van der Waals surface area contributed by atoms with E-state index in [2.05, 4.69) is 13.8 Å². The van der Waals surface area contributed by atoms with Gasteiger partial charge in [-0.3, -0.25) is 0 Å². The van der Waals surface area contributed by atoms with Crippen LogP contribution in [0.15, 0.2) is 0 Å². The number of aliphatic hydroxyl groups excluding tert-OH is 1. The lowest BCUT2D eigenvalue weighted by molar-refractivity contribution is -0.157. The predicted molar refractivity (Wildman–Crippen MR) is 112 cm³/mol. The lowest BCUT2D eigenvalue weighted by Crippen LogP contribution is -2.34. The minimum atomic E-state index is -1.54. The van der Waals surface area contributed by atoms with Gasteiger partial charge in [-0.15, -0.1) is 0 Å². The van der Waals surface area contributed by atoms with Gasteiger partial charge in [0.25, 0.3) is 0 Å². The lowest BCUT2D eigenvalue weighted by atomic mass is 9.98. The van der Waals surface area contributed by atoms with Crippen molar-refractivity contribution < 1.29 is 29.6 Å². The molecule has 0 radical (unpaired) electrons. The second kappa shape index (κ2) is 19.2. The second-order valence-corrected chi connectivity index (χ2v) is 7.71. The molecule has 0 aromatic rings. The number of aliphatic carboxylic acids is 1. The molecule has 6 nitrogen and oxygen atoms in total. The smallest absolute Gasteiger partial charge is 0.335 e. The first-order valence-corrected chi connectivity index (χ1v) is 11.0. The van der Waals surface area contributed by atoms with E-state index >= 15 is 0 Å². The molecule has 0 saturated carbocycles. The topological polar surface area (TPSA) is 104 Å². The Morgan fingerprint density at radius 1 is 0.857 bits per heavy atom. The van der Waals surface area contributed by atoms with Crippen molar-refractivity contribution in [3.63, 3.8) is 0 Å². The van der Waals surface area contributed by atoms with E-state index in [-0.39, 0.29) is 0 Å². The average molecular weight is 405 g/mol. The van der Waals surface area contributed by atoms with E-state index in [0.29, 0.717) is 13.0 Å². The number of hydrogen-bond donors (Lipinski definition) is 3. The van der Waals surface area contributed by atoms with Gasteiger partial charge in [-0.05, 0) is 33.1 Å². The van der Waals surface area contributed by atoms with E-state index in [9.17, 15) is 14.7 Å². The minimum absolute atomic E-state index is 0.356. The zero-order valence-electron chi connectivity index (χ0n) is 18.5. The van der Waals surface area contributed by atoms with E-state index in [0.717, 1.165) is 32.1 Å². The molecule has 0 aliphatic carbocycles. The number of carbonyl (C=O) groups is 2. The van der Waals surface area contributed by atoms with Crippen molar-refractivity contribution in [1.82, 2.24) is 0 Å². The van der Waals surface area contributed by atoms with Gasteiger partial charge in [0.2, 0.25) is 0 Å². The number of esters is 1. The first-order chi connectivity index (χ1) is 13.2. The van der Waals surface area contributed by atoms with Gasteiger partial charge in [0.15, 0.2) is 5.60 Å². The molecule has 28 heavy (non-hydrogen) atoms. The molecule has 6 heteroatoms. The molecular weight excluding hydrogens is 360 g/mol. The van der Waals surface area contributed by atoms with E-state index in [1.165, 1.54) is 58.8 Å². The number of unbranched alkanes of at least 4 members (excludes halogenated alkanes) is 10. The van der Waals surface area contributed by atoms with Crippen LogP contribution in [0.1, 0.15) is 111 Å². The molecule has 2 atom stereocenters. The van der Waals surface area contributed by atoms with Crippen LogP contribution in [-0.2, 0) is 14.3 Å². The largest absolute Gasteiger partial charge is 0.479 e. The molecule has 0 saturated heterocycles. The summed E-state index contributed by atoms with van der Waals surface area (Å²) in [5.74, 6) is -1.63. The third-order valence-corrected chi connectivity index (χ3v) is 4.56. The summed E-state index contributed by atoms with van der Waals surface area (Å²) >= 11 is 0. The van der Waals surface area contributed by atoms with Crippen LogP contribution in [0.3, 0.4) is 0 Å². The highest BCUT2D eigenvalue weighted by Gasteiger charge is 2.28. The second-order valence-electron chi connectivity index (χ2n) is 7.71. The minimum Gasteiger partial charge on any atom is -0.479 e. The number of hydrogen-bond acceptors (Lipinski definition) is 5. The first-order valence-electron chi connectivity index (χ1n) is 11.0. The summed E-state index contributed by atoms with van der Waals surface area (Å²) < 4.78 is 4.82. The molecule has 0 fully saturated rings. The van der Waals surface area contributed by atoms with Crippen LogP contribution in [0.2, 0.25) is 0 Å². The summed E-state index contributed by atoms with van der Waals surface area (Å²) in [6, 6.07) is 0. The standard InChI is InChI=1S/2C11H22O3/c1-3-4-5-6-7-8-9-11(2,14)10(12)13;1-3-4-5-6-7-8-9-14-11(13)10(2)12/h14H,3-9H2,1-2H3,(H,12,13);10,12H,3-9H2,1-2H3. The summed E-state index contributed by atoms with van der Waals surface area (Å²) in [7, 11) is 0. The van der Waals surface area contributed by atoms with Gasteiger partial charge in [0.05, 0.1) is 6.61 Å². The number of carbonyl (C=O) groups excluding carboxylic acids is 1. The molecule has 0 aliphatic heterocycles. The van der Waals surface area contributed by atoms with Gasteiger partial charge in [-0.25, -0.2) is 9.59 Å². The van der Waals surface area contributed by atoms with Crippen molar-refractivity contribution in [2.75, 3.05) is 6.61 Å². The van der Waals surface area contributed by atoms with Crippen LogP contribution in [-0.4, -0.2) is 45.6 Å². The van der Waals surface area contributed by atoms with Gasteiger partial charge in [0, 0.05) is 0 Å². The fourth-order valence-electron chi connectivity index (χ4n) is 2.53. The van der Waals surface area contributed by atoms with Crippen LogP contribution in [0.4, 0.5) is 0 Å². The van der Waals surface area contributed by atoms with Crippen LogP contribution < -0.4 is 0 Å². The molecule has 0 rings (SSSR count). The zero-order chi connectivity index (χ0) is 21.8. The van der Waals surface area contributed by atoms with Crippen LogP contribution in [0.25, 0.3) is 0 Å². The maximum Gasteiger partial charge on any atom is 0.335 e. The van der Waals surface area contributed by atoms with Gasteiger partial charge in [-0.2, -0.15) is 0 Å². The number of ether oxygens (including phenoxy) is 1. The molecule has 0 aromatic heterocycles. The highest BCUT2D eigenvalue weighted by Crippen LogP contribution is 2.15. The first kappa shape index (κ1) is 29.1. The van der Waals surface area contributed by atoms with Gasteiger partial charge in [-0.1, -0.05) is 78.1 Å². The van der Waals surface area contributed by atoms with Crippen LogP contribution >= 0.6 is 0 Å². The van der Waals surface area contributed by atoms with Crippen molar-refractivity contribution >= 4 is 11.9 Å². The zero-order valence-corrected chi connectivity index (χ0v) is 18.5. The van der Waals surface area contributed by atoms with Crippen molar-refractivity contribution in [2.45, 2.75) is 123 Å². The Bertz CT molecular complexity index is 377. The van der Waals surface area contributed by atoms with Crippen LogP contribution in [0.5, 0.6) is 0 Å². The molecular formula is C22H44O6. The SMILES string of the molecule is CCCCCCCCC(C)(O)C(=O)O.CCCCCCCCOC(=O)C(C)O. The Hall–Kier alpha value is -1.14. The monoisotopic (exact) mass is 404 g/mol. The third kappa shape index (κ3) is 19.6. The number of rotatable bonds is 16. The molecule has 0 bridgehead atoms. The Morgan fingerprint density at radius 3 is 1.71 bits per heavy atom. The average Bonchev–Trinajstić information content (AvgIpc) is 2.64. The van der Waals surface area contributed by atoms with E-state index in [1.54, 1.807) is 0 Å². The highest BCUT2D eigenvalue weighted by atomic mass is 16.5. The molecule has 0 amide bonds.